The van der Waals surface area contributed by atoms with Crippen LogP contribution in [0.25, 0.3) is 0 Å². The van der Waals surface area contributed by atoms with Crippen LogP contribution < -0.4 is 20.1 Å². The lowest BCUT2D eigenvalue weighted by Crippen LogP contribution is -2.47. The standard InChI is InChI=1S/C19H18ClN3O4/c1-26-15-8-7-11(9-16(15)27-2)18(25)23-19-21-14(10-17(24)22-19)12-5-3-4-6-13(12)20/h3-9,14H,10H2,1-2H3,(H2,21,22,23,24,25)/t14-/m1/s1. The molecule has 1 aliphatic rings. The summed E-state index contributed by atoms with van der Waals surface area (Å²) in [4.78, 5) is 29.0. The van der Waals surface area contributed by atoms with Gasteiger partial charge in [-0.3, -0.25) is 20.2 Å². The van der Waals surface area contributed by atoms with Crippen molar-refractivity contribution in [3.8, 4) is 11.5 Å². The van der Waals surface area contributed by atoms with E-state index in [-0.39, 0.29) is 18.3 Å². The molecule has 140 valence electrons. The SMILES string of the molecule is COc1ccc(C(=O)NC2=N[C@@H](c3ccccc3Cl)CC(=O)N2)cc1OC. The van der Waals surface area contributed by atoms with Crippen LogP contribution in [0.3, 0.4) is 0 Å². The monoisotopic (exact) mass is 387 g/mol. The first-order valence-corrected chi connectivity index (χ1v) is 8.55. The molecule has 2 aromatic carbocycles. The van der Waals surface area contributed by atoms with Gasteiger partial charge in [0.1, 0.15) is 0 Å². The topological polar surface area (TPSA) is 89.0 Å². The Balaban J connectivity index is 1.82. The second-order valence-corrected chi connectivity index (χ2v) is 6.20. The van der Waals surface area contributed by atoms with Crippen LogP contribution in [0.2, 0.25) is 5.02 Å². The normalized spacial score (nSPS) is 16.2. The number of guanidine groups is 1. The zero-order valence-electron chi connectivity index (χ0n) is 14.8. The number of nitrogens with zero attached hydrogens (tertiary/aromatic N) is 1. The molecule has 0 unspecified atom stereocenters. The summed E-state index contributed by atoms with van der Waals surface area (Å²) in [5, 5.41) is 5.70. The quantitative estimate of drug-likeness (QED) is 0.844. The molecule has 0 radical (unpaired) electrons. The Morgan fingerprint density at radius 2 is 1.93 bits per heavy atom. The van der Waals surface area contributed by atoms with E-state index in [9.17, 15) is 9.59 Å². The summed E-state index contributed by atoms with van der Waals surface area (Å²) in [5.74, 6) is 0.327. The molecule has 1 aliphatic heterocycles. The first kappa shape index (κ1) is 18.7. The van der Waals surface area contributed by atoms with Crippen molar-refractivity contribution >= 4 is 29.4 Å². The van der Waals surface area contributed by atoms with Gasteiger partial charge < -0.3 is 9.47 Å². The second-order valence-electron chi connectivity index (χ2n) is 5.79. The van der Waals surface area contributed by atoms with Crippen molar-refractivity contribution in [1.29, 1.82) is 0 Å². The first-order valence-electron chi connectivity index (χ1n) is 8.17. The number of ether oxygens (including phenoxy) is 2. The van der Waals surface area contributed by atoms with Gasteiger partial charge in [-0.1, -0.05) is 29.8 Å². The van der Waals surface area contributed by atoms with Crippen molar-refractivity contribution in [2.75, 3.05) is 14.2 Å². The third-order valence-electron chi connectivity index (χ3n) is 4.06. The second kappa shape index (κ2) is 8.09. The van der Waals surface area contributed by atoms with E-state index in [0.717, 1.165) is 5.56 Å². The number of carbonyl (C=O) groups is 2. The lowest BCUT2D eigenvalue weighted by molar-refractivity contribution is -0.120. The van der Waals surface area contributed by atoms with Crippen molar-refractivity contribution in [1.82, 2.24) is 10.6 Å². The maximum absolute atomic E-state index is 12.5. The van der Waals surface area contributed by atoms with Crippen LogP contribution in [0.5, 0.6) is 11.5 Å². The van der Waals surface area contributed by atoms with Crippen molar-refractivity contribution in [3.05, 3.63) is 58.6 Å². The van der Waals surface area contributed by atoms with Crippen LogP contribution in [0, 0.1) is 0 Å². The number of nitrogens with one attached hydrogen (secondary N) is 2. The Bertz CT molecular complexity index is 914. The molecular weight excluding hydrogens is 370 g/mol. The van der Waals surface area contributed by atoms with Crippen LogP contribution in [-0.2, 0) is 4.79 Å². The van der Waals surface area contributed by atoms with E-state index in [2.05, 4.69) is 15.6 Å². The molecule has 0 aliphatic carbocycles. The van der Waals surface area contributed by atoms with Crippen LogP contribution in [0.15, 0.2) is 47.5 Å². The van der Waals surface area contributed by atoms with E-state index in [1.807, 2.05) is 12.1 Å². The van der Waals surface area contributed by atoms with Gasteiger partial charge in [-0.15, -0.1) is 0 Å². The van der Waals surface area contributed by atoms with E-state index in [1.54, 1.807) is 30.3 Å². The number of halogens is 1. The van der Waals surface area contributed by atoms with Crippen molar-refractivity contribution in [2.45, 2.75) is 12.5 Å². The smallest absolute Gasteiger partial charge is 0.258 e. The molecule has 0 saturated heterocycles. The van der Waals surface area contributed by atoms with Gasteiger partial charge in [0.15, 0.2) is 11.5 Å². The number of carbonyl (C=O) groups excluding carboxylic acids is 2. The minimum absolute atomic E-state index is 0.0796. The molecule has 0 spiro atoms. The molecule has 0 bridgehead atoms. The van der Waals surface area contributed by atoms with Gasteiger partial charge in [0, 0.05) is 10.6 Å². The van der Waals surface area contributed by atoms with Crippen molar-refractivity contribution in [2.24, 2.45) is 4.99 Å². The van der Waals surface area contributed by atoms with Gasteiger partial charge in [0.2, 0.25) is 11.9 Å². The molecule has 0 saturated carbocycles. The van der Waals surface area contributed by atoms with Crippen LogP contribution >= 0.6 is 11.6 Å². The highest BCUT2D eigenvalue weighted by molar-refractivity contribution is 6.31. The minimum Gasteiger partial charge on any atom is -0.493 e. The zero-order chi connectivity index (χ0) is 19.4. The molecule has 7 nitrogen and oxygen atoms in total. The molecular formula is C19H18ClN3O4. The van der Waals surface area contributed by atoms with Gasteiger partial charge >= 0.3 is 0 Å². The first-order chi connectivity index (χ1) is 13.0. The Hall–Kier alpha value is -3.06. The van der Waals surface area contributed by atoms with E-state index in [1.165, 1.54) is 14.2 Å². The fraction of sp³-hybridized carbons (Fsp3) is 0.211. The number of aliphatic imine (C=N–C) groups is 1. The third-order valence-corrected chi connectivity index (χ3v) is 4.41. The van der Waals surface area contributed by atoms with Crippen LogP contribution in [0.4, 0.5) is 0 Å². The average Bonchev–Trinajstić information content (AvgIpc) is 2.67. The van der Waals surface area contributed by atoms with E-state index in [4.69, 9.17) is 21.1 Å². The molecule has 8 heteroatoms. The molecule has 1 atom stereocenters. The zero-order valence-corrected chi connectivity index (χ0v) is 15.5. The molecule has 0 aromatic heterocycles. The van der Waals surface area contributed by atoms with Crippen LogP contribution in [0.1, 0.15) is 28.4 Å². The highest BCUT2D eigenvalue weighted by atomic mass is 35.5. The largest absolute Gasteiger partial charge is 0.493 e. The van der Waals surface area contributed by atoms with Crippen LogP contribution in [-0.4, -0.2) is 32.0 Å². The van der Waals surface area contributed by atoms with Gasteiger partial charge in [0.25, 0.3) is 5.91 Å². The summed E-state index contributed by atoms with van der Waals surface area (Å²) in [6, 6.07) is 11.5. The van der Waals surface area contributed by atoms with E-state index < -0.39 is 11.9 Å². The molecule has 0 fully saturated rings. The summed E-state index contributed by atoms with van der Waals surface area (Å²) in [7, 11) is 3.00. The maximum atomic E-state index is 12.5. The van der Waals surface area contributed by atoms with Gasteiger partial charge in [0.05, 0.1) is 26.7 Å². The fourth-order valence-electron chi connectivity index (χ4n) is 2.74. The Labute approximate surface area is 161 Å². The van der Waals surface area contributed by atoms with Gasteiger partial charge in [-0.2, -0.15) is 0 Å². The molecule has 3 rings (SSSR count). The summed E-state index contributed by atoms with van der Waals surface area (Å²) in [5.41, 5.74) is 1.07. The Kier molecular flexibility index (Phi) is 5.61. The molecule has 1 heterocycles. The summed E-state index contributed by atoms with van der Waals surface area (Å²) in [6.07, 6.45) is 0.152. The number of hydrogen-bond acceptors (Lipinski definition) is 5. The number of rotatable bonds is 4. The lowest BCUT2D eigenvalue weighted by Gasteiger charge is -2.22. The third kappa shape index (κ3) is 4.20. The number of methoxy groups -OCH3 is 2. The van der Waals surface area contributed by atoms with E-state index >= 15 is 0 Å². The Morgan fingerprint density at radius 1 is 1.19 bits per heavy atom. The fourth-order valence-corrected chi connectivity index (χ4v) is 3.00. The predicted molar refractivity (Wildman–Crippen MR) is 101 cm³/mol. The summed E-state index contributed by atoms with van der Waals surface area (Å²) < 4.78 is 10.4. The van der Waals surface area contributed by atoms with Gasteiger partial charge in [-0.25, -0.2) is 4.99 Å². The molecule has 27 heavy (non-hydrogen) atoms. The average molecular weight is 388 g/mol. The summed E-state index contributed by atoms with van der Waals surface area (Å²) >= 11 is 6.20. The maximum Gasteiger partial charge on any atom is 0.258 e. The molecule has 2 N–H and O–H groups in total. The van der Waals surface area contributed by atoms with E-state index in [0.29, 0.717) is 22.1 Å². The number of hydrogen-bond donors (Lipinski definition) is 2. The highest BCUT2D eigenvalue weighted by Gasteiger charge is 2.25. The number of benzene rings is 2. The molecule has 2 aromatic rings. The van der Waals surface area contributed by atoms with Crippen molar-refractivity contribution in [3.63, 3.8) is 0 Å². The predicted octanol–water partition coefficient (Wildman–Crippen LogP) is 2.70. The lowest BCUT2D eigenvalue weighted by atomic mass is 10.0. The highest BCUT2D eigenvalue weighted by Crippen LogP contribution is 2.30. The van der Waals surface area contributed by atoms with Crippen molar-refractivity contribution < 1.29 is 19.1 Å². The van der Waals surface area contributed by atoms with Gasteiger partial charge in [-0.05, 0) is 29.8 Å². The molecule has 2 amide bonds. The Morgan fingerprint density at radius 3 is 2.63 bits per heavy atom. The summed E-state index contributed by atoms with van der Waals surface area (Å²) in [6.45, 7) is 0. The number of amides is 2. The minimum atomic E-state index is -0.465.